The Balaban J connectivity index is 1.51. The number of anilines is 1. The zero-order chi connectivity index (χ0) is 23.2. The molecule has 1 atom stereocenters. The number of hydrogen-bond acceptors (Lipinski definition) is 2. The van der Waals surface area contributed by atoms with Gasteiger partial charge in [0.25, 0.3) is 0 Å². The lowest BCUT2D eigenvalue weighted by molar-refractivity contribution is 0.194. The third-order valence-electron chi connectivity index (χ3n) is 6.87. The van der Waals surface area contributed by atoms with E-state index in [4.69, 9.17) is 0 Å². The molecule has 34 heavy (non-hydrogen) atoms. The second-order valence-electron chi connectivity index (χ2n) is 9.18. The number of rotatable bonds is 2. The fraction of sp³-hybridized carbons (Fsp3) is 0.250. The number of carbonyl (C=O) groups is 1. The molecule has 6 rings (SSSR count). The first-order valence-corrected chi connectivity index (χ1v) is 12.6. The predicted octanol–water partition coefficient (Wildman–Crippen LogP) is 7.00. The summed E-state index contributed by atoms with van der Waals surface area (Å²) in [5.41, 5.74) is 6.22. The summed E-state index contributed by atoms with van der Waals surface area (Å²) in [7, 11) is 0. The lowest BCUT2D eigenvalue weighted by Gasteiger charge is -2.31. The van der Waals surface area contributed by atoms with Crippen LogP contribution in [0, 0.1) is 12.7 Å². The summed E-state index contributed by atoms with van der Waals surface area (Å²) in [6.45, 7) is 2.50. The van der Waals surface area contributed by atoms with Crippen molar-refractivity contribution < 1.29 is 9.18 Å². The molecule has 172 valence electrons. The average Bonchev–Trinajstić information content (AvgIpc) is 3.41. The van der Waals surface area contributed by atoms with Crippen LogP contribution < -0.4 is 5.32 Å². The highest BCUT2D eigenvalue weighted by Gasteiger charge is 2.36. The van der Waals surface area contributed by atoms with Crippen molar-refractivity contribution in [3.8, 4) is 5.00 Å². The van der Waals surface area contributed by atoms with Gasteiger partial charge in [-0.2, -0.15) is 0 Å². The Hall–Kier alpha value is -3.38. The van der Waals surface area contributed by atoms with E-state index in [1.54, 1.807) is 12.1 Å². The summed E-state index contributed by atoms with van der Waals surface area (Å²) >= 11 is 1.85. The number of urea groups is 1. The molecule has 0 saturated heterocycles. The second kappa shape index (κ2) is 8.44. The second-order valence-corrected chi connectivity index (χ2v) is 10.3. The van der Waals surface area contributed by atoms with Gasteiger partial charge in [-0.3, -0.25) is 0 Å². The molecule has 1 unspecified atom stereocenters. The molecule has 0 spiro atoms. The molecule has 4 nitrogen and oxygen atoms in total. The topological polar surface area (TPSA) is 37.3 Å². The van der Waals surface area contributed by atoms with Gasteiger partial charge >= 0.3 is 6.03 Å². The van der Waals surface area contributed by atoms with Gasteiger partial charge in [-0.25, -0.2) is 9.18 Å². The lowest BCUT2D eigenvalue weighted by atomic mass is 9.95. The Morgan fingerprint density at radius 1 is 1.03 bits per heavy atom. The van der Waals surface area contributed by atoms with Crippen LogP contribution in [0.4, 0.5) is 14.9 Å². The minimum Gasteiger partial charge on any atom is -0.310 e. The van der Waals surface area contributed by atoms with Crippen molar-refractivity contribution in [2.75, 3.05) is 5.32 Å². The largest absolute Gasteiger partial charge is 0.322 e. The summed E-state index contributed by atoms with van der Waals surface area (Å²) in [6.07, 6.45) is 6.62. The van der Waals surface area contributed by atoms with Gasteiger partial charge in [0.2, 0.25) is 0 Å². The molecule has 1 aliphatic carbocycles. The lowest BCUT2D eigenvalue weighted by Crippen LogP contribution is -2.38. The fourth-order valence-electron chi connectivity index (χ4n) is 5.33. The Morgan fingerprint density at radius 2 is 1.88 bits per heavy atom. The number of nitrogens with zero attached hydrogens (tertiary/aromatic N) is 2. The Kier molecular flexibility index (Phi) is 5.26. The standard InChI is InChI=1S/C28H26FN3OS/c1-18-7-4-10-21(15-18)30-28(33)32-17-23-22-11-2-3-13-25(22)34-27(23)31-14-6-12-24(31)26(32)19-8-5-9-20(29)16-19/h4-10,12,14-16,26H,2-3,11,13,17H2,1H3,(H,30,33). The number of benzene rings is 2. The van der Waals surface area contributed by atoms with Gasteiger partial charge in [0, 0.05) is 22.3 Å². The molecule has 1 N–H and O–H groups in total. The van der Waals surface area contributed by atoms with E-state index in [0.29, 0.717) is 6.54 Å². The third kappa shape index (κ3) is 3.62. The molecule has 1 aliphatic heterocycles. The first kappa shape index (κ1) is 21.2. The number of aryl methyl sites for hydroxylation is 2. The Labute approximate surface area is 202 Å². The van der Waals surface area contributed by atoms with Crippen LogP contribution in [0.15, 0.2) is 66.9 Å². The molecule has 0 radical (unpaired) electrons. The van der Waals surface area contributed by atoms with E-state index in [2.05, 4.69) is 22.1 Å². The van der Waals surface area contributed by atoms with Gasteiger partial charge in [-0.05, 0) is 85.7 Å². The van der Waals surface area contributed by atoms with Crippen LogP contribution in [0.3, 0.4) is 0 Å². The minimum atomic E-state index is -0.408. The molecule has 0 fully saturated rings. The van der Waals surface area contributed by atoms with E-state index in [1.807, 2.05) is 59.6 Å². The van der Waals surface area contributed by atoms with E-state index >= 15 is 0 Å². The van der Waals surface area contributed by atoms with Crippen LogP contribution in [0.2, 0.25) is 0 Å². The van der Waals surface area contributed by atoms with Gasteiger partial charge in [0.15, 0.2) is 0 Å². The summed E-state index contributed by atoms with van der Waals surface area (Å²) in [4.78, 5) is 17.2. The highest BCUT2D eigenvalue weighted by atomic mass is 32.1. The predicted molar refractivity (Wildman–Crippen MR) is 134 cm³/mol. The van der Waals surface area contributed by atoms with Crippen molar-refractivity contribution in [2.45, 2.75) is 45.2 Å². The molecule has 4 aromatic rings. The number of amides is 2. The first-order valence-electron chi connectivity index (χ1n) is 11.8. The van der Waals surface area contributed by atoms with E-state index in [0.717, 1.165) is 35.3 Å². The van der Waals surface area contributed by atoms with Gasteiger partial charge in [-0.1, -0.05) is 24.3 Å². The van der Waals surface area contributed by atoms with Crippen molar-refractivity contribution >= 4 is 23.1 Å². The molecule has 0 bridgehead atoms. The molecule has 2 aliphatic rings. The van der Waals surface area contributed by atoms with Crippen molar-refractivity contribution in [1.29, 1.82) is 0 Å². The Bertz CT molecular complexity index is 1390. The van der Waals surface area contributed by atoms with E-state index in [9.17, 15) is 9.18 Å². The summed E-state index contributed by atoms with van der Waals surface area (Å²) < 4.78 is 16.6. The minimum absolute atomic E-state index is 0.184. The molecule has 2 amide bonds. The van der Waals surface area contributed by atoms with Gasteiger partial charge in [0.1, 0.15) is 10.8 Å². The maximum absolute atomic E-state index is 14.3. The highest BCUT2D eigenvalue weighted by Crippen LogP contribution is 2.44. The van der Waals surface area contributed by atoms with Gasteiger partial charge in [-0.15, -0.1) is 11.3 Å². The molecule has 6 heteroatoms. The highest BCUT2D eigenvalue weighted by molar-refractivity contribution is 7.15. The molecule has 3 heterocycles. The smallest absolute Gasteiger partial charge is 0.310 e. The zero-order valence-electron chi connectivity index (χ0n) is 19.1. The summed E-state index contributed by atoms with van der Waals surface area (Å²) in [5, 5.41) is 4.30. The SMILES string of the molecule is Cc1cccc(NC(=O)N2Cc3c(sc4c3CCCC4)-n3cccc3C2c2cccc(F)c2)c1. The fourth-order valence-corrected chi connectivity index (χ4v) is 6.74. The Morgan fingerprint density at radius 3 is 2.74 bits per heavy atom. The molecular formula is C28H26FN3OS. The number of aromatic nitrogens is 1. The van der Waals surface area contributed by atoms with Crippen molar-refractivity contribution in [3.05, 3.63) is 106 Å². The van der Waals surface area contributed by atoms with Gasteiger partial charge in [0.05, 0.1) is 18.3 Å². The molecule has 2 aromatic carbocycles. The first-order chi connectivity index (χ1) is 16.6. The van der Waals surface area contributed by atoms with Crippen LogP contribution in [-0.2, 0) is 19.4 Å². The van der Waals surface area contributed by atoms with Crippen LogP contribution >= 0.6 is 11.3 Å². The summed E-state index contributed by atoms with van der Waals surface area (Å²) in [6, 6.07) is 17.9. The van der Waals surface area contributed by atoms with Gasteiger partial charge < -0.3 is 14.8 Å². The molecule has 2 aromatic heterocycles. The van der Waals surface area contributed by atoms with Crippen molar-refractivity contribution in [3.63, 3.8) is 0 Å². The van der Waals surface area contributed by atoms with E-state index in [-0.39, 0.29) is 11.8 Å². The number of halogens is 1. The van der Waals surface area contributed by atoms with Crippen molar-refractivity contribution in [1.82, 2.24) is 9.47 Å². The number of hydrogen-bond donors (Lipinski definition) is 1. The van der Waals surface area contributed by atoms with Crippen molar-refractivity contribution in [2.24, 2.45) is 0 Å². The number of carbonyl (C=O) groups excluding carboxylic acids is 1. The summed E-state index contributed by atoms with van der Waals surface area (Å²) in [5.74, 6) is -0.300. The quantitative estimate of drug-likeness (QED) is 0.336. The van der Waals surface area contributed by atoms with E-state index in [1.165, 1.54) is 39.9 Å². The van der Waals surface area contributed by atoms with Crippen LogP contribution in [-0.4, -0.2) is 15.5 Å². The average molecular weight is 472 g/mol. The maximum atomic E-state index is 14.3. The molecule has 0 saturated carbocycles. The monoisotopic (exact) mass is 471 g/mol. The van der Waals surface area contributed by atoms with Crippen LogP contribution in [0.5, 0.6) is 0 Å². The van der Waals surface area contributed by atoms with E-state index < -0.39 is 6.04 Å². The normalized spacial score (nSPS) is 16.9. The zero-order valence-corrected chi connectivity index (χ0v) is 19.9. The number of thiophene rings is 1. The third-order valence-corrected chi connectivity index (χ3v) is 8.21. The molecular weight excluding hydrogens is 445 g/mol. The maximum Gasteiger partial charge on any atom is 0.322 e. The van der Waals surface area contributed by atoms with Crippen LogP contribution in [0.1, 0.15) is 51.7 Å². The van der Waals surface area contributed by atoms with Crippen LogP contribution in [0.25, 0.3) is 5.00 Å². The number of nitrogens with one attached hydrogen (secondary N) is 1. The number of fused-ring (bicyclic) bond motifs is 5.